The number of nitrogens with one attached hydrogen (secondary N) is 2. The van der Waals surface area contributed by atoms with Gasteiger partial charge in [-0.05, 0) is 54.4 Å². The topological polar surface area (TPSA) is 105 Å². The van der Waals surface area contributed by atoms with E-state index in [1.807, 2.05) is 38.1 Å². The minimum absolute atomic E-state index is 0.0145. The summed E-state index contributed by atoms with van der Waals surface area (Å²) < 4.78 is 5.57. The maximum Gasteiger partial charge on any atom is 0.407 e. The van der Waals surface area contributed by atoms with Gasteiger partial charge in [0.05, 0.1) is 0 Å². The number of rotatable bonds is 8. The number of fused-ring (bicyclic) bond motifs is 3. The highest BCUT2D eigenvalue weighted by molar-refractivity contribution is 5.87. The highest BCUT2D eigenvalue weighted by Gasteiger charge is 2.43. The summed E-state index contributed by atoms with van der Waals surface area (Å²) in [6, 6.07) is 16.0. The molecule has 2 aromatic carbocycles. The number of carboxylic acids is 1. The summed E-state index contributed by atoms with van der Waals surface area (Å²) in [4.78, 5) is 36.9. The monoisotopic (exact) mass is 478 g/mol. The first kappa shape index (κ1) is 24.8. The first-order valence-electron chi connectivity index (χ1n) is 12.4. The molecule has 2 amide bonds. The predicted molar refractivity (Wildman–Crippen MR) is 133 cm³/mol. The van der Waals surface area contributed by atoms with E-state index in [2.05, 4.69) is 34.9 Å². The van der Waals surface area contributed by atoms with Crippen LogP contribution in [0.4, 0.5) is 4.79 Å². The second-order valence-electron chi connectivity index (χ2n) is 10.0. The van der Waals surface area contributed by atoms with Crippen LogP contribution < -0.4 is 10.6 Å². The van der Waals surface area contributed by atoms with E-state index < -0.39 is 17.6 Å². The number of hydrogen-bond acceptors (Lipinski definition) is 4. The summed E-state index contributed by atoms with van der Waals surface area (Å²) in [6.07, 6.45) is 2.66. The first-order valence-corrected chi connectivity index (χ1v) is 12.4. The Morgan fingerprint density at radius 2 is 1.71 bits per heavy atom. The smallest absolute Gasteiger partial charge is 0.407 e. The van der Waals surface area contributed by atoms with E-state index in [0.717, 1.165) is 24.0 Å². The molecule has 1 saturated carbocycles. The second kappa shape index (κ2) is 10.5. The van der Waals surface area contributed by atoms with Crippen LogP contribution in [0.25, 0.3) is 11.1 Å². The van der Waals surface area contributed by atoms with Crippen molar-refractivity contribution >= 4 is 18.0 Å². The van der Waals surface area contributed by atoms with Crippen LogP contribution in [0.1, 0.15) is 69.4 Å². The van der Waals surface area contributed by atoms with Crippen molar-refractivity contribution < 1.29 is 24.2 Å². The maximum absolute atomic E-state index is 12.5. The summed E-state index contributed by atoms with van der Waals surface area (Å²) in [5, 5.41) is 15.3. The van der Waals surface area contributed by atoms with Gasteiger partial charge in [0.25, 0.3) is 0 Å². The van der Waals surface area contributed by atoms with Gasteiger partial charge in [-0.15, -0.1) is 0 Å². The van der Waals surface area contributed by atoms with Gasteiger partial charge in [-0.3, -0.25) is 4.79 Å². The summed E-state index contributed by atoms with van der Waals surface area (Å²) in [6.45, 7) is 4.06. The molecule has 0 heterocycles. The van der Waals surface area contributed by atoms with Gasteiger partial charge in [0.15, 0.2) is 0 Å². The molecule has 186 valence electrons. The third-order valence-corrected chi connectivity index (χ3v) is 7.30. The standard InChI is InChI=1S/C28H34N2O5/c1-18-8-7-15-28(16-18,26(32)33)30-25(31)14-13-19(2)29-27(34)35-17-24-22-11-5-3-9-20(22)21-10-4-6-12-23(21)24/h3-6,9-12,18-19,24H,7-8,13-17H2,1-2H3,(H,29,34)(H,30,31)(H,32,33). The minimum Gasteiger partial charge on any atom is -0.480 e. The van der Waals surface area contributed by atoms with Gasteiger partial charge in [-0.1, -0.05) is 68.3 Å². The molecule has 3 atom stereocenters. The lowest BCUT2D eigenvalue weighted by molar-refractivity contribution is -0.150. The fourth-order valence-corrected chi connectivity index (χ4v) is 5.50. The normalized spacial score (nSPS) is 21.9. The van der Waals surface area contributed by atoms with Crippen LogP contribution in [-0.2, 0) is 14.3 Å². The molecule has 3 N–H and O–H groups in total. The number of carboxylic acid groups (broad SMARTS) is 1. The van der Waals surface area contributed by atoms with E-state index >= 15 is 0 Å². The van der Waals surface area contributed by atoms with Crippen LogP contribution in [0.15, 0.2) is 48.5 Å². The molecule has 0 radical (unpaired) electrons. The number of carbonyl (C=O) groups is 3. The van der Waals surface area contributed by atoms with Crippen LogP contribution in [0.5, 0.6) is 0 Å². The highest BCUT2D eigenvalue weighted by Crippen LogP contribution is 2.44. The van der Waals surface area contributed by atoms with Gasteiger partial charge >= 0.3 is 12.1 Å². The van der Waals surface area contributed by atoms with Crippen molar-refractivity contribution in [3.63, 3.8) is 0 Å². The van der Waals surface area contributed by atoms with E-state index in [0.29, 0.717) is 19.3 Å². The number of ether oxygens (including phenoxy) is 1. The first-order chi connectivity index (χ1) is 16.8. The molecular weight excluding hydrogens is 444 g/mol. The Hall–Kier alpha value is -3.35. The van der Waals surface area contributed by atoms with Gasteiger partial charge < -0.3 is 20.5 Å². The van der Waals surface area contributed by atoms with Crippen LogP contribution in [-0.4, -0.2) is 41.3 Å². The van der Waals surface area contributed by atoms with Crippen LogP contribution in [0, 0.1) is 5.92 Å². The SMILES string of the molecule is CC1CCCC(NC(=O)CCC(C)NC(=O)OCC2c3ccccc3-c3ccccc32)(C(=O)O)C1. The van der Waals surface area contributed by atoms with E-state index in [1.165, 1.54) is 11.1 Å². The van der Waals surface area contributed by atoms with Crippen LogP contribution >= 0.6 is 0 Å². The number of alkyl carbamates (subject to hydrolysis) is 1. The summed E-state index contributed by atoms with van der Waals surface area (Å²) in [5.41, 5.74) is 3.45. The Balaban J connectivity index is 1.26. The number of amides is 2. The van der Waals surface area contributed by atoms with Crippen molar-refractivity contribution in [1.82, 2.24) is 10.6 Å². The summed E-state index contributed by atoms with van der Waals surface area (Å²) in [7, 11) is 0. The van der Waals surface area contributed by atoms with Gasteiger partial charge in [0, 0.05) is 18.4 Å². The molecule has 7 nitrogen and oxygen atoms in total. The lowest BCUT2D eigenvalue weighted by atomic mass is 9.76. The molecule has 4 rings (SSSR count). The van der Waals surface area contributed by atoms with E-state index in [1.54, 1.807) is 0 Å². The zero-order valence-corrected chi connectivity index (χ0v) is 20.4. The Labute approximate surface area is 206 Å². The molecule has 2 aromatic rings. The van der Waals surface area contributed by atoms with Crippen LogP contribution in [0.3, 0.4) is 0 Å². The van der Waals surface area contributed by atoms with Gasteiger partial charge in [-0.2, -0.15) is 0 Å². The Kier molecular flexibility index (Phi) is 7.43. The molecule has 35 heavy (non-hydrogen) atoms. The molecule has 3 unspecified atom stereocenters. The molecule has 2 aliphatic carbocycles. The fraction of sp³-hybridized carbons (Fsp3) is 0.464. The lowest BCUT2D eigenvalue weighted by Crippen LogP contribution is -2.56. The zero-order chi connectivity index (χ0) is 25.0. The molecule has 7 heteroatoms. The number of carbonyl (C=O) groups excluding carboxylic acids is 2. The Morgan fingerprint density at radius 3 is 2.31 bits per heavy atom. The second-order valence-corrected chi connectivity index (χ2v) is 10.0. The van der Waals surface area contributed by atoms with Crippen LogP contribution in [0.2, 0.25) is 0 Å². The van der Waals surface area contributed by atoms with Crippen molar-refractivity contribution in [3.8, 4) is 11.1 Å². The van der Waals surface area contributed by atoms with Crippen molar-refractivity contribution in [2.45, 2.75) is 69.9 Å². The molecule has 2 aliphatic rings. The highest BCUT2D eigenvalue weighted by atomic mass is 16.5. The molecule has 0 aromatic heterocycles. The minimum atomic E-state index is -1.18. The van der Waals surface area contributed by atoms with Gasteiger partial charge in [0.1, 0.15) is 12.1 Å². The fourth-order valence-electron chi connectivity index (χ4n) is 5.50. The van der Waals surface area contributed by atoms with Crippen molar-refractivity contribution in [3.05, 3.63) is 59.7 Å². The molecular formula is C28H34N2O5. The average Bonchev–Trinajstić information content (AvgIpc) is 3.15. The molecule has 1 fully saturated rings. The molecule has 0 bridgehead atoms. The molecule has 0 spiro atoms. The molecule has 0 saturated heterocycles. The molecule has 0 aliphatic heterocycles. The number of hydrogen-bond donors (Lipinski definition) is 3. The number of benzene rings is 2. The quantitative estimate of drug-likeness (QED) is 0.503. The largest absolute Gasteiger partial charge is 0.480 e. The third-order valence-electron chi connectivity index (χ3n) is 7.30. The summed E-state index contributed by atoms with van der Waals surface area (Å²) >= 11 is 0. The Bertz CT molecular complexity index is 1050. The van der Waals surface area contributed by atoms with E-state index in [9.17, 15) is 19.5 Å². The number of aliphatic carboxylic acids is 1. The van der Waals surface area contributed by atoms with Crippen molar-refractivity contribution in [2.75, 3.05) is 6.61 Å². The summed E-state index contributed by atoms with van der Waals surface area (Å²) in [5.74, 6) is -1.03. The van der Waals surface area contributed by atoms with Gasteiger partial charge in [-0.25, -0.2) is 9.59 Å². The Morgan fingerprint density at radius 1 is 1.09 bits per heavy atom. The van der Waals surface area contributed by atoms with E-state index in [4.69, 9.17) is 4.74 Å². The van der Waals surface area contributed by atoms with Crippen molar-refractivity contribution in [2.24, 2.45) is 5.92 Å². The van der Waals surface area contributed by atoms with Crippen molar-refractivity contribution in [1.29, 1.82) is 0 Å². The predicted octanol–water partition coefficient (Wildman–Crippen LogP) is 4.84. The zero-order valence-electron chi connectivity index (χ0n) is 20.4. The van der Waals surface area contributed by atoms with Gasteiger partial charge in [0.2, 0.25) is 5.91 Å². The van der Waals surface area contributed by atoms with E-state index in [-0.39, 0.29) is 36.8 Å². The third kappa shape index (κ3) is 5.50. The average molecular weight is 479 g/mol. The maximum atomic E-state index is 12.5. The lowest BCUT2D eigenvalue weighted by Gasteiger charge is -2.37.